The van der Waals surface area contributed by atoms with Crippen molar-refractivity contribution in [3.63, 3.8) is 0 Å². The van der Waals surface area contributed by atoms with E-state index in [0.29, 0.717) is 22.3 Å². The van der Waals surface area contributed by atoms with Crippen LogP contribution < -0.4 is 10.0 Å². The quantitative estimate of drug-likeness (QED) is 0.491. The molecule has 0 aliphatic carbocycles. The third kappa shape index (κ3) is 4.32. The summed E-state index contributed by atoms with van der Waals surface area (Å²) in [4.78, 5) is 34.9. The number of nitrogens with zero attached hydrogens (tertiary/aromatic N) is 6. The summed E-state index contributed by atoms with van der Waals surface area (Å²) < 4.78 is 2.05. The highest BCUT2D eigenvalue weighted by Crippen LogP contribution is 2.38. The number of amides is 2. The summed E-state index contributed by atoms with van der Waals surface area (Å²) >= 11 is 3.07. The maximum Gasteiger partial charge on any atom is 0.240 e. The van der Waals surface area contributed by atoms with Crippen LogP contribution in [0.5, 0.6) is 0 Å². The first kappa shape index (κ1) is 23.6. The lowest BCUT2D eigenvalue weighted by Gasteiger charge is -2.39. The summed E-state index contributed by atoms with van der Waals surface area (Å²) in [5, 5.41) is 9.26. The van der Waals surface area contributed by atoms with Gasteiger partial charge in [-0.05, 0) is 51.7 Å². The first-order chi connectivity index (χ1) is 16.3. The fraction of sp³-hybridized carbons (Fsp3) is 0.583. The van der Waals surface area contributed by atoms with E-state index in [1.54, 1.807) is 23.9 Å². The fourth-order valence-electron chi connectivity index (χ4n) is 5.12. The fourth-order valence-corrected chi connectivity index (χ4v) is 7.29. The van der Waals surface area contributed by atoms with Gasteiger partial charge in [0.2, 0.25) is 22.1 Å². The van der Waals surface area contributed by atoms with Gasteiger partial charge < -0.3 is 0 Å². The molecule has 1 aromatic carbocycles. The van der Waals surface area contributed by atoms with E-state index in [1.807, 2.05) is 6.07 Å². The van der Waals surface area contributed by atoms with Crippen molar-refractivity contribution >= 4 is 65.2 Å². The van der Waals surface area contributed by atoms with Crippen molar-refractivity contribution in [3.8, 4) is 0 Å². The molecule has 0 N–H and O–H groups in total. The SMILES string of the molecule is CC(=O)N(c1nc2cc3nc(N(C(C)=O)N4CCCCC4C)sc3cc2s1)N1CCCCC1C. The normalized spacial score (nSPS) is 22.4. The smallest absolute Gasteiger partial charge is 0.240 e. The lowest BCUT2D eigenvalue weighted by molar-refractivity contribution is -0.121. The molecule has 2 aromatic heterocycles. The number of hydrogen-bond donors (Lipinski definition) is 0. The molecule has 2 fully saturated rings. The molecule has 10 heteroatoms. The topological polar surface area (TPSA) is 72.9 Å². The van der Waals surface area contributed by atoms with Crippen molar-refractivity contribution < 1.29 is 9.59 Å². The number of benzene rings is 1. The van der Waals surface area contributed by atoms with Gasteiger partial charge in [0.05, 0.1) is 20.4 Å². The molecule has 8 nitrogen and oxygen atoms in total. The minimum Gasteiger partial charge on any atom is -0.273 e. The van der Waals surface area contributed by atoms with Crippen LogP contribution in [0.4, 0.5) is 10.3 Å². The highest BCUT2D eigenvalue weighted by molar-refractivity contribution is 7.24. The van der Waals surface area contributed by atoms with E-state index >= 15 is 0 Å². The molecule has 2 unspecified atom stereocenters. The highest BCUT2D eigenvalue weighted by Gasteiger charge is 2.31. The number of fused-ring (bicyclic) bond motifs is 2. The first-order valence-electron chi connectivity index (χ1n) is 12.2. The second-order valence-corrected chi connectivity index (χ2v) is 11.5. The Labute approximate surface area is 208 Å². The standard InChI is InChI=1S/C24H32N6O2S2/c1-15-9-5-7-11-27(15)29(17(3)31)23-25-19-13-20-22(14-21(19)33-23)34-24(26-20)30(18(4)32)28-12-8-6-10-16(28)2/h13-16H,5-12H2,1-4H3. The maximum atomic E-state index is 12.6. The number of rotatable bonds is 4. The molecule has 2 aliphatic heterocycles. The van der Waals surface area contributed by atoms with E-state index in [9.17, 15) is 9.59 Å². The summed E-state index contributed by atoms with van der Waals surface area (Å²) in [6.45, 7) is 9.30. The average Bonchev–Trinajstić information content (AvgIpc) is 3.37. The first-order valence-corrected chi connectivity index (χ1v) is 13.8. The molecule has 2 atom stereocenters. The highest BCUT2D eigenvalue weighted by atomic mass is 32.1. The zero-order chi connectivity index (χ0) is 24.0. The van der Waals surface area contributed by atoms with Gasteiger partial charge in [-0.2, -0.15) is 0 Å². The molecule has 2 amide bonds. The lowest BCUT2D eigenvalue weighted by atomic mass is 10.1. The zero-order valence-electron chi connectivity index (χ0n) is 20.3. The van der Waals surface area contributed by atoms with Gasteiger partial charge in [0.15, 0.2) is 0 Å². The Morgan fingerprint density at radius 2 is 1.24 bits per heavy atom. The van der Waals surface area contributed by atoms with E-state index in [-0.39, 0.29) is 11.8 Å². The van der Waals surface area contributed by atoms with Gasteiger partial charge in [0.25, 0.3) is 0 Å². The lowest BCUT2D eigenvalue weighted by Crippen LogP contribution is -2.52. The zero-order valence-corrected chi connectivity index (χ0v) is 21.9. The van der Waals surface area contributed by atoms with Gasteiger partial charge in [-0.3, -0.25) is 9.59 Å². The molecule has 0 bridgehead atoms. The van der Waals surface area contributed by atoms with Gasteiger partial charge in [-0.25, -0.2) is 30.0 Å². The molecule has 4 heterocycles. The maximum absolute atomic E-state index is 12.6. The van der Waals surface area contributed by atoms with Crippen LogP contribution in [0, 0.1) is 0 Å². The molecule has 182 valence electrons. The molecule has 0 radical (unpaired) electrons. The number of thiazole rings is 2. The Bertz CT molecular complexity index is 1080. The molecule has 0 saturated carbocycles. The number of piperidine rings is 2. The molecule has 3 aromatic rings. The Balaban J connectivity index is 1.50. The van der Waals surface area contributed by atoms with Crippen LogP contribution in [0.25, 0.3) is 20.4 Å². The van der Waals surface area contributed by atoms with Crippen LogP contribution in [-0.2, 0) is 9.59 Å². The van der Waals surface area contributed by atoms with Gasteiger partial charge in [0, 0.05) is 39.0 Å². The monoisotopic (exact) mass is 500 g/mol. The summed E-state index contributed by atoms with van der Waals surface area (Å²) in [5.41, 5.74) is 1.67. The number of carbonyl (C=O) groups is 2. The van der Waals surface area contributed by atoms with Crippen LogP contribution in [0.1, 0.15) is 66.2 Å². The molecular weight excluding hydrogens is 468 g/mol. The minimum atomic E-state index is -0.0113. The van der Waals surface area contributed by atoms with Crippen LogP contribution >= 0.6 is 22.7 Å². The molecule has 34 heavy (non-hydrogen) atoms. The van der Waals surface area contributed by atoms with Crippen molar-refractivity contribution in [2.75, 3.05) is 23.1 Å². The molecular formula is C24H32N6O2S2. The number of hydrogen-bond acceptors (Lipinski definition) is 8. The van der Waals surface area contributed by atoms with E-state index in [4.69, 9.17) is 9.97 Å². The Morgan fingerprint density at radius 3 is 1.62 bits per heavy atom. The van der Waals surface area contributed by atoms with Crippen molar-refractivity contribution in [2.24, 2.45) is 0 Å². The molecule has 2 saturated heterocycles. The van der Waals surface area contributed by atoms with E-state index in [0.717, 1.165) is 59.2 Å². The minimum absolute atomic E-state index is 0.0113. The van der Waals surface area contributed by atoms with E-state index in [1.165, 1.54) is 35.5 Å². The van der Waals surface area contributed by atoms with Crippen LogP contribution in [0.3, 0.4) is 0 Å². The van der Waals surface area contributed by atoms with Crippen LogP contribution in [0.15, 0.2) is 12.1 Å². The number of carbonyl (C=O) groups excluding carboxylic acids is 2. The van der Waals surface area contributed by atoms with E-state index in [2.05, 4.69) is 29.9 Å². The van der Waals surface area contributed by atoms with Gasteiger partial charge >= 0.3 is 0 Å². The third-order valence-electron chi connectivity index (χ3n) is 6.88. The number of aromatic nitrogens is 2. The summed E-state index contributed by atoms with van der Waals surface area (Å²) in [5.74, 6) is -0.0226. The van der Waals surface area contributed by atoms with Gasteiger partial charge in [-0.1, -0.05) is 35.5 Å². The summed E-state index contributed by atoms with van der Waals surface area (Å²) in [7, 11) is 0. The van der Waals surface area contributed by atoms with Crippen LogP contribution in [-0.4, -0.2) is 57.0 Å². The average molecular weight is 501 g/mol. The van der Waals surface area contributed by atoms with Crippen molar-refractivity contribution in [1.82, 2.24) is 20.0 Å². The number of anilines is 2. The van der Waals surface area contributed by atoms with E-state index < -0.39 is 0 Å². The van der Waals surface area contributed by atoms with Crippen molar-refractivity contribution in [3.05, 3.63) is 12.1 Å². The van der Waals surface area contributed by atoms with Crippen molar-refractivity contribution in [1.29, 1.82) is 0 Å². The molecule has 5 rings (SSSR count). The predicted molar refractivity (Wildman–Crippen MR) is 139 cm³/mol. The molecule has 0 spiro atoms. The van der Waals surface area contributed by atoms with Gasteiger partial charge in [0.1, 0.15) is 0 Å². The Kier molecular flexibility index (Phi) is 6.58. The van der Waals surface area contributed by atoms with Crippen molar-refractivity contribution in [2.45, 2.75) is 78.3 Å². The largest absolute Gasteiger partial charge is 0.273 e. The van der Waals surface area contributed by atoms with Gasteiger partial charge in [-0.15, -0.1) is 0 Å². The van der Waals surface area contributed by atoms with Crippen LogP contribution in [0.2, 0.25) is 0 Å². The second kappa shape index (κ2) is 9.49. The summed E-state index contributed by atoms with van der Waals surface area (Å²) in [6.07, 6.45) is 6.73. The predicted octanol–water partition coefficient (Wildman–Crippen LogP) is 5.19. The number of hydrazine groups is 2. The molecule has 2 aliphatic rings. The summed E-state index contributed by atoms with van der Waals surface area (Å²) in [6, 6.07) is 4.71. The Morgan fingerprint density at radius 1 is 0.794 bits per heavy atom. The second-order valence-electron chi connectivity index (χ2n) is 9.46. The Hall–Kier alpha value is -2.14. The third-order valence-corrected chi connectivity index (χ3v) is 8.87.